The molecule has 0 aliphatic heterocycles. The van der Waals surface area contributed by atoms with Crippen molar-refractivity contribution >= 4 is 27.2 Å². The highest BCUT2D eigenvalue weighted by molar-refractivity contribution is 7.17. The number of unbranched alkanes of at least 4 members (excludes halogenated alkanes) is 1. The standard InChI is InChI=1S/C14H14OS/c1-2-3-4-8-13(15)12-10-16-14-9-6-5-7-11(12)14/h2,5-7,9-10H,1,3-4,8H2. The molecule has 0 aliphatic rings. The number of Topliss-reactive ketones (excluding diaryl/α,β-unsaturated/α-hetero) is 1. The summed E-state index contributed by atoms with van der Waals surface area (Å²) < 4.78 is 1.19. The van der Waals surface area contributed by atoms with E-state index >= 15 is 0 Å². The van der Waals surface area contributed by atoms with Crippen LogP contribution >= 0.6 is 11.3 Å². The van der Waals surface area contributed by atoms with Crippen molar-refractivity contribution in [2.75, 3.05) is 0 Å². The lowest BCUT2D eigenvalue weighted by Gasteiger charge is -1.98. The van der Waals surface area contributed by atoms with Gasteiger partial charge in [-0.2, -0.15) is 0 Å². The molecule has 1 aromatic heterocycles. The lowest BCUT2D eigenvalue weighted by molar-refractivity contribution is 0.0982. The van der Waals surface area contributed by atoms with Gasteiger partial charge in [-0.3, -0.25) is 4.79 Å². The van der Waals surface area contributed by atoms with Crippen LogP contribution in [0.25, 0.3) is 10.1 Å². The molecule has 82 valence electrons. The molecule has 0 atom stereocenters. The Bertz CT molecular complexity index is 510. The van der Waals surface area contributed by atoms with E-state index in [4.69, 9.17) is 0 Å². The van der Waals surface area contributed by atoms with Gasteiger partial charge >= 0.3 is 0 Å². The number of carbonyl (C=O) groups excluding carboxylic acids is 1. The van der Waals surface area contributed by atoms with Gasteiger partial charge in [-0.15, -0.1) is 17.9 Å². The summed E-state index contributed by atoms with van der Waals surface area (Å²) in [5.41, 5.74) is 0.879. The lowest BCUT2D eigenvalue weighted by atomic mass is 10.0. The first-order valence-corrected chi connectivity index (χ1v) is 6.31. The summed E-state index contributed by atoms with van der Waals surface area (Å²) in [6, 6.07) is 8.06. The molecule has 0 bridgehead atoms. The van der Waals surface area contributed by atoms with Gasteiger partial charge in [-0.05, 0) is 18.9 Å². The molecule has 2 heteroatoms. The van der Waals surface area contributed by atoms with Crippen LogP contribution in [0.1, 0.15) is 29.6 Å². The SMILES string of the molecule is C=CCCCC(=O)c1csc2ccccc12. The van der Waals surface area contributed by atoms with Crippen LogP contribution in [0.5, 0.6) is 0 Å². The van der Waals surface area contributed by atoms with E-state index in [9.17, 15) is 4.79 Å². The molecule has 1 aromatic carbocycles. The molecular weight excluding hydrogens is 216 g/mol. The first kappa shape index (κ1) is 11.1. The van der Waals surface area contributed by atoms with Gasteiger partial charge in [0, 0.05) is 27.5 Å². The number of carbonyl (C=O) groups is 1. The van der Waals surface area contributed by atoms with Crippen LogP contribution in [0, 0.1) is 0 Å². The highest BCUT2D eigenvalue weighted by Gasteiger charge is 2.10. The van der Waals surface area contributed by atoms with E-state index in [-0.39, 0.29) is 5.78 Å². The van der Waals surface area contributed by atoms with Gasteiger partial charge in [0.15, 0.2) is 5.78 Å². The number of rotatable bonds is 5. The Morgan fingerprint density at radius 2 is 2.19 bits per heavy atom. The molecule has 0 saturated carbocycles. The molecule has 1 nitrogen and oxygen atoms in total. The Labute approximate surface area is 99.4 Å². The molecule has 0 aliphatic carbocycles. The third-order valence-electron chi connectivity index (χ3n) is 2.59. The van der Waals surface area contributed by atoms with Crippen LogP contribution in [-0.2, 0) is 0 Å². The summed E-state index contributed by atoms with van der Waals surface area (Å²) in [4.78, 5) is 12.0. The van der Waals surface area contributed by atoms with Crippen LogP contribution in [-0.4, -0.2) is 5.78 Å². The first-order valence-electron chi connectivity index (χ1n) is 5.43. The van der Waals surface area contributed by atoms with Gasteiger partial charge in [0.1, 0.15) is 0 Å². The predicted molar refractivity (Wildman–Crippen MR) is 70.2 cm³/mol. The summed E-state index contributed by atoms with van der Waals surface area (Å²) in [5.74, 6) is 0.249. The zero-order valence-electron chi connectivity index (χ0n) is 9.11. The topological polar surface area (TPSA) is 17.1 Å². The van der Waals surface area contributed by atoms with Gasteiger partial charge in [0.2, 0.25) is 0 Å². The van der Waals surface area contributed by atoms with E-state index in [1.54, 1.807) is 11.3 Å². The molecule has 16 heavy (non-hydrogen) atoms. The molecule has 2 aromatic rings. The van der Waals surface area contributed by atoms with Crippen molar-refractivity contribution in [3.8, 4) is 0 Å². The fourth-order valence-electron chi connectivity index (χ4n) is 1.74. The average molecular weight is 230 g/mol. The first-order chi connectivity index (χ1) is 7.83. The number of benzene rings is 1. The van der Waals surface area contributed by atoms with Crippen molar-refractivity contribution in [1.82, 2.24) is 0 Å². The zero-order valence-corrected chi connectivity index (χ0v) is 9.93. The monoisotopic (exact) mass is 230 g/mol. The molecule has 0 fully saturated rings. The number of fused-ring (bicyclic) bond motifs is 1. The third kappa shape index (κ3) is 2.22. The minimum absolute atomic E-state index is 0.249. The Morgan fingerprint density at radius 3 is 3.00 bits per heavy atom. The van der Waals surface area contributed by atoms with Crippen LogP contribution in [0.3, 0.4) is 0 Å². The average Bonchev–Trinajstić information content (AvgIpc) is 2.73. The van der Waals surface area contributed by atoms with Gasteiger partial charge in [0.25, 0.3) is 0 Å². The maximum absolute atomic E-state index is 12.0. The smallest absolute Gasteiger partial charge is 0.164 e. The summed E-state index contributed by atoms with van der Waals surface area (Å²) in [6.07, 6.45) is 4.28. The molecule has 0 spiro atoms. The highest BCUT2D eigenvalue weighted by atomic mass is 32.1. The third-order valence-corrected chi connectivity index (χ3v) is 3.56. The second-order valence-corrected chi connectivity index (χ2v) is 4.66. The quantitative estimate of drug-likeness (QED) is 0.421. The van der Waals surface area contributed by atoms with Crippen LogP contribution in [0.4, 0.5) is 0 Å². The zero-order chi connectivity index (χ0) is 11.4. The van der Waals surface area contributed by atoms with Crippen molar-refractivity contribution in [3.05, 3.63) is 47.9 Å². The van der Waals surface area contributed by atoms with Gasteiger partial charge in [0.05, 0.1) is 0 Å². The maximum atomic E-state index is 12.0. The second-order valence-electron chi connectivity index (χ2n) is 3.75. The number of allylic oxidation sites excluding steroid dienone is 1. The summed E-state index contributed by atoms with van der Waals surface area (Å²) in [6.45, 7) is 3.66. The van der Waals surface area contributed by atoms with Gasteiger partial charge in [-0.1, -0.05) is 24.3 Å². The fraction of sp³-hybridized carbons (Fsp3) is 0.214. The lowest BCUT2D eigenvalue weighted by Crippen LogP contribution is -1.96. The summed E-state index contributed by atoms with van der Waals surface area (Å²) >= 11 is 1.64. The van der Waals surface area contributed by atoms with E-state index in [1.165, 1.54) is 4.70 Å². The van der Waals surface area contributed by atoms with E-state index < -0.39 is 0 Å². The maximum Gasteiger partial charge on any atom is 0.164 e. The normalized spacial score (nSPS) is 10.5. The Morgan fingerprint density at radius 1 is 1.38 bits per heavy atom. The predicted octanol–water partition coefficient (Wildman–Crippen LogP) is 4.44. The number of hydrogen-bond donors (Lipinski definition) is 0. The van der Waals surface area contributed by atoms with Gasteiger partial charge < -0.3 is 0 Å². The summed E-state index contributed by atoms with van der Waals surface area (Å²) in [5, 5.41) is 3.07. The van der Waals surface area contributed by atoms with Crippen molar-refractivity contribution in [3.63, 3.8) is 0 Å². The fourth-order valence-corrected chi connectivity index (χ4v) is 2.70. The van der Waals surface area contributed by atoms with E-state index in [0.717, 1.165) is 23.8 Å². The van der Waals surface area contributed by atoms with E-state index in [0.29, 0.717) is 6.42 Å². The molecule has 0 amide bonds. The molecule has 0 N–H and O–H groups in total. The minimum Gasteiger partial charge on any atom is -0.294 e. The molecular formula is C14H14OS. The Balaban J connectivity index is 2.19. The summed E-state index contributed by atoms with van der Waals surface area (Å²) in [7, 11) is 0. The van der Waals surface area contributed by atoms with Crippen molar-refractivity contribution in [2.24, 2.45) is 0 Å². The Kier molecular flexibility index (Phi) is 3.52. The van der Waals surface area contributed by atoms with Crippen molar-refractivity contribution in [2.45, 2.75) is 19.3 Å². The number of ketones is 1. The number of thiophene rings is 1. The van der Waals surface area contributed by atoms with Crippen molar-refractivity contribution in [1.29, 1.82) is 0 Å². The highest BCUT2D eigenvalue weighted by Crippen LogP contribution is 2.26. The molecule has 2 rings (SSSR count). The Hall–Kier alpha value is -1.41. The second kappa shape index (κ2) is 5.08. The van der Waals surface area contributed by atoms with Crippen molar-refractivity contribution < 1.29 is 4.79 Å². The number of hydrogen-bond acceptors (Lipinski definition) is 2. The molecule has 0 radical (unpaired) electrons. The minimum atomic E-state index is 0.249. The largest absolute Gasteiger partial charge is 0.294 e. The van der Waals surface area contributed by atoms with E-state index in [1.807, 2.05) is 29.7 Å². The molecule has 1 heterocycles. The molecule has 0 saturated heterocycles. The van der Waals surface area contributed by atoms with Crippen LogP contribution < -0.4 is 0 Å². The van der Waals surface area contributed by atoms with E-state index in [2.05, 4.69) is 12.6 Å². The van der Waals surface area contributed by atoms with Crippen LogP contribution in [0.2, 0.25) is 0 Å². The van der Waals surface area contributed by atoms with Gasteiger partial charge in [-0.25, -0.2) is 0 Å². The molecule has 0 unspecified atom stereocenters. The van der Waals surface area contributed by atoms with Crippen LogP contribution in [0.15, 0.2) is 42.3 Å².